The third-order valence-corrected chi connectivity index (χ3v) is 14.4. The zero-order valence-corrected chi connectivity index (χ0v) is 43.4. The van der Waals surface area contributed by atoms with Crippen LogP contribution in [0.3, 0.4) is 0 Å². The van der Waals surface area contributed by atoms with Gasteiger partial charge in [-0.15, -0.1) is 0 Å². The van der Waals surface area contributed by atoms with Gasteiger partial charge in [0, 0.05) is 25.8 Å². The molecule has 0 spiro atoms. The molecule has 4 rings (SSSR count). The van der Waals surface area contributed by atoms with Crippen molar-refractivity contribution >= 4 is 47.3 Å². The van der Waals surface area contributed by atoms with E-state index in [0.29, 0.717) is 29.6 Å². The number of amides is 8. The molecular formula is C50H80N8O18. The first-order valence-corrected chi connectivity index (χ1v) is 26.1. The van der Waals surface area contributed by atoms with Crippen LogP contribution in [0.15, 0.2) is 24.3 Å². The summed E-state index contributed by atoms with van der Waals surface area (Å²) in [5, 5.41) is 121. The number of primary amides is 1. The van der Waals surface area contributed by atoms with Crippen molar-refractivity contribution in [2.24, 2.45) is 17.6 Å². The van der Waals surface area contributed by atoms with Crippen LogP contribution in [-0.2, 0) is 38.4 Å². The average Bonchev–Trinajstić information content (AvgIpc) is 3.90. The molecule has 0 aromatic heterocycles. The number of phenols is 1. The fourth-order valence-electron chi connectivity index (χ4n) is 9.80. The van der Waals surface area contributed by atoms with Gasteiger partial charge in [0.1, 0.15) is 66.4 Å². The van der Waals surface area contributed by atoms with Crippen LogP contribution >= 0.6 is 0 Å². The van der Waals surface area contributed by atoms with Crippen molar-refractivity contribution < 1.29 is 89.4 Å². The van der Waals surface area contributed by atoms with E-state index in [2.05, 4.69) is 42.0 Å². The Labute approximate surface area is 440 Å². The lowest BCUT2D eigenvalue weighted by Crippen LogP contribution is -2.64. The average molecular weight is 1080 g/mol. The highest BCUT2D eigenvalue weighted by molar-refractivity contribution is 5.98. The van der Waals surface area contributed by atoms with Crippen LogP contribution in [0.2, 0.25) is 0 Å². The summed E-state index contributed by atoms with van der Waals surface area (Å²) in [5.74, 6) is -9.18. The number of rotatable bonds is 20. The van der Waals surface area contributed by atoms with Crippen LogP contribution in [-0.4, -0.2) is 206 Å². The van der Waals surface area contributed by atoms with Gasteiger partial charge >= 0.3 is 0 Å². The minimum atomic E-state index is -2.41. The summed E-state index contributed by atoms with van der Waals surface area (Å²) >= 11 is 0. The number of fused-ring (bicyclic) bond motifs is 2. The molecule has 3 saturated heterocycles. The summed E-state index contributed by atoms with van der Waals surface area (Å²) in [6.45, 7) is 6.24. The molecule has 428 valence electrons. The molecule has 26 nitrogen and oxygen atoms in total. The number of hydrogen-bond acceptors (Lipinski definition) is 18. The first-order chi connectivity index (χ1) is 35.7. The van der Waals surface area contributed by atoms with Gasteiger partial charge < -0.3 is 93.2 Å². The lowest BCUT2D eigenvalue weighted by Gasteiger charge is -2.34. The van der Waals surface area contributed by atoms with Gasteiger partial charge in [-0.1, -0.05) is 77.8 Å². The minimum absolute atomic E-state index is 0.105. The molecule has 76 heavy (non-hydrogen) atoms. The number of nitrogens with two attached hydrogens (primary N) is 1. The standard InChI is InChI=1S/C50H80N8O18/c1-5-24(2)18-25(3)12-10-8-6-7-9-11-13-36(66)52-30-20-33(63)46(72)56-48(74)40-42(68)34(64)23-58(40)50(76)38(32(62)21-35(51)65)54-47(73)39(43(69)41(67)27-14-16-28(60)17-15-27)55-45(71)31-19-29(61)22-57(31)49(75)37(26(4)59)53-44(30)70/h14-17,24-26,29-34,37-43,46,59-64,67-69,72H,5-13,18-23H2,1-4H3,(H2,51,65)(H,52,66)(H,53,70)(H,54,73)(H,55,71)(H,56,74)/t24?,25?,26-,29-,30-,31+,32-,33+,34+,37+,38+,39+,40+,41-,42+,43?,46-/m1/s1. The van der Waals surface area contributed by atoms with Crippen LogP contribution in [0.4, 0.5) is 0 Å². The zero-order valence-electron chi connectivity index (χ0n) is 43.4. The van der Waals surface area contributed by atoms with Crippen LogP contribution in [0.1, 0.15) is 123 Å². The number of nitrogens with zero attached hydrogens (tertiary/aromatic N) is 2. The zero-order chi connectivity index (χ0) is 56.7. The highest BCUT2D eigenvalue weighted by atomic mass is 16.4. The molecular weight excluding hydrogens is 1000 g/mol. The largest absolute Gasteiger partial charge is 0.508 e. The highest BCUT2D eigenvalue weighted by Crippen LogP contribution is 2.27. The fourth-order valence-corrected chi connectivity index (χ4v) is 9.80. The molecule has 0 radical (unpaired) electrons. The lowest BCUT2D eigenvalue weighted by atomic mass is 9.91. The van der Waals surface area contributed by atoms with E-state index in [1.54, 1.807) is 0 Å². The molecule has 0 bridgehead atoms. The van der Waals surface area contributed by atoms with Gasteiger partial charge in [0.2, 0.25) is 47.3 Å². The number of carbonyl (C=O) groups excluding carboxylic acids is 8. The van der Waals surface area contributed by atoms with Crippen molar-refractivity contribution in [1.29, 1.82) is 0 Å². The molecule has 0 saturated carbocycles. The smallest absolute Gasteiger partial charge is 0.248 e. The first-order valence-electron chi connectivity index (χ1n) is 26.1. The van der Waals surface area contributed by atoms with E-state index >= 15 is 0 Å². The Morgan fingerprint density at radius 2 is 1.29 bits per heavy atom. The predicted octanol–water partition coefficient (Wildman–Crippen LogP) is -4.37. The second-order valence-corrected chi connectivity index (χ2v) is 20.7. The third kappa shape index (κ3) is 17.5. The number of aromatic hydroxyl groups is 1. The van der Waals surface area contributed by atoms with Crippen molar-refractivity contribution in [1.82, 2.24) is 36.4 Å². The van der Waals surface area contributed by atoms with Crippen molar-refractivity contribution in [2.75, 3.05) is 13.1 Å². The Bertz CT molecular complexity index is 2140. The second kappa shape index (κ2) is 29.2. The maximum absolute atomic E-state index is 14.4. The molecule has 26 heteroatoms. The second-order valence-electron chi connectivity index (χ2n) is 20.7. The molecule has 17 atom stereocenters. The minimum Gasteiger partial charge on any atom is -0.508 e. The summed E-state index contributed by atoms with van der Waals surface area (Å²) in [5.41, 5.74) is 5.16. The molecule has 3 unspecified atom stereocenters. The monoisotopic (exact) mass is 1080 g/mol. The number of unbranched alkanes of at least 4 members (excludes halogenated alkanes) is 5. The Morgan fingerprint density at radius 1 is 0.697 bits per heavy atom. The molecule has 0 aliphatic carbocycles. The molecule has 1 aromatic carbocycles. The van der Waals surface area contributed by atoms with Crippen molar-refractivity contribution in [3.8, 4) is 5.75 Å². The maximum Gasteiger partial charge on any atom is 0.248 e. The summed E-state index contributed by atoms with van der Waals surface area (Å²) in [7, 11) is 0. The maximum atomic E-state index is 14.4. The first kappa shape index (κ1) is 63.0. The number of nitrogens with one attached hydrogen (secondary N) is 5. The Kier molecular flexibility index (Phi) is 24.2. The van der Waals surface area contributed by atoms with Crippen molar-refractivity contribution in [3.63, 3.8) is 0 Å². The summed E-state index contributed by atoms with van der Waals surface area (Å²) in [6, 6.07) is -8.01. The molecule has 3 aliphatic heterocycles. The Morgan fingerprint density at radius 3 is 1.91 bits per heavy atom. The molecule has 3 fully saturated rings. The SMILES string of the molecule is CCC(C)CC(C)CCCCCCCCC(=O)N[C@@H]1C[C@H](O)[C@@H](O)NC(=O)[C@@H]2[C@@H](O)[C@@H](O)CN2C(=O)[C@H]([C@H](O)CC(N)=O)NC(=O)[C@H](C(O)[C@H](O)c2ccc(O)cc2)NC(=O)[C@@H]2C[C@@H](O)CN2C(=O)[C@H]([C@@H](C)O)NC1=O. The number of carbonyl (C=O) groups is 8. The van der Waals surface area contributed by atoms with Gasteiger partial charge in [-0.2, -0.15) is 0 Å². The van der Waals surface area contributed by atoms with Gasteiger partial charge in [-0.3, -0.25) is 38.4 Å². The number of aliphatic hydroxyl groups is 9. The Hall–Kier alpha value is -5.58. The van der Waals surface area contributed by atoms with Crippen LogP contribution in [0.5, 0.6) is 5.75 Å². The number of phenolic OH excluding ortho intramolecular Hbond substituents is 1. The molecule has 17 N–H and O–H groups in total. The molecule has 3 heterocycles. The normalized spacial score (nSPS) is 29.8. The summed E-state index contributed by atoms with van der Waals surface area (Å²) < 4.78 is 0. The van der Waals surface area contributed by atoms with Crippen LogP contribution < -0.4 is 32.3 Å². The number of hydrogen-bond donors (Lipinski definition) is 16. The van der Waals surface area contributed by atoms with E-state index < -0.39 is 171 Å². The summed E-state index contributed by atoms with van der Waals surface area (Å²) in [6.07, 6.45) is -12.9. The van der Waals surface area contributed by atoms with Gasteiger partial charge in [-0.05, 0) is 49.3 Å². The van der Waals surface area contributed by atoms with Gasteiger partial charge in [0.25, 0.3) is 0 Å². The fraction of sp³-hybridized carbons (Fsp3) is 0.720. The lowest BCUT2D eigenvalue weighted by molar-refractivity contribution is -0.149. The molecule has 1 aromatic rings. The van der Waals surface area contributed by atoms with Crippen molar-refractivity contribution in [2.45, 2.75) is 202 Å². The van der Waals surface area contributed by atoms with E-state index in [9.17, 15) is 89.4 Å². The number of aliphatic hydroxyl groups excluding tert-OH is 9. The third-order valence-electron chi connectivity index (χ3n) is 14.4. The quantitative estimate of drug-likeness (QED) is 0.0549. The van der Waals surface area contributed by atoms with Crippen LogP contribution in [0, 0.1) is 11.8 Å². The van der Waals surface area contributed by atoms with E-state index in [0.717, 1.165) is 74.6 Å². The van der Waals surface area contributed by atoms with Gasteiger partial charge in [0.15, 0.2) is 6.23 Å². The summed E-state index contributed by atoms with van der Waals surface area (Å²) in [4.78, 5) is 112. The Balaban J connectivity index is 1.71. The van der Waals surface area contributed by atoms with Gasteiger partial charge in [0.05, 0.1) is 37.4 Å². The molecule has 3 aliphatic rings. The van der Waals surface area contributed by atoms with Gasteiger partial charge in [-0.25, -0.2) is 0 Å². The topological polar surface area (TPSA) is 432 Å². The van der Waals surface area contributed by atoms with E-state index in [1.807, 2.05) is 5.32 Å². The van der Waals surface area contributed by atoms with Crippen LogP contribution in [0.25, 0.3) is 0 Å². The molecule has 8 amide bonds. The predicted molar refractivity (Wildman–Crippen MR) is 267 cm³/mol. The van der Waals surface area contributed by atoms with E-state index in [1.165, 1.54) is 6.42 Å². The van der Waals surface area contributed by atoms with E-state index in [4.69, 9.17) is 5.73 Å². The van der Waals surface area contributed by atoms with Crippen molar-refractivity contribution in [3.05, 3.63) is 29.8 Å². The highest BCUT2D eigenvalue weighted by Gasteiger charge is 2.51. The van der Waals surface area contributed by atoms with E-state index in [-0.39, 0.29) is 17.7 Å². The number of benzene rings is 1.